The minimum absolute atomic E-state index is 1.04. The maximum Gasteiger partial charge on any atom is 0.0547 e. The number of para-hydroxylation sites is 1. The quantitative estimate of drug-likeness (QED) is 0.259. The van der Waals surface area contributed by atoms with Gasteiger partial charge in [0.25, 0.3) is 0 Å². The highest BCUT2D eigenvalue weighted by molar-refractivity contribution is 6.10. The third kappa shape index (κ3) is 4.06. The van der Waals surface area contributed by atoms with Crippen LogP contribution in [0.2, 0.25) is 0 Å². The van der Waals surface area contributed by atoms with E-state index in [1.807, 2.05) is 31.2 Å². The number of allylic oxidation sites excluding steroid dienone is 9. The van der Waals surface area contributed by atoms with E-state index in [1.165, 1.54) is 27.4 Å². The van der Waals surface area contributed by atoms with Crippen LogP contribution in [0.15, 0.2) is 123 Å². The van der Waals surface area contributed by atoms with Crippen LogP contribution in [0.4, 0.5) is 0 Å². The number of nitrogens with zero attached hydrogens (tertiary/aromatic N) is 1. The van der Waals surface area contributed by atoms with E-state index in [0.717, 1.165) is 28.0 Å². The summed E-state index contributed by atoms with van der Waals surface area (Å²) in [4.78, 5) is 0. The fraction of sp³-hybridized carbons (Fsp3) is 0.0625. The van der Waals surface area contributed by atoms with Gasteiger partial charge in [0, 0.05) is 16.3 Å². The Kier molecular flexibility index (Phi) is 6.42. The number of benzene rings is 3. The summed E-state index contributed by atoms with van der Waals surface area (Å²) in [5.41, 5.74) is 9.17. The number of aryl methyl sites for hydroxylation is 1. The minimum Gasteiger partial charge on any atom is -0.309 e. The maximum atomic E-state index is 4.04. The third-order valence-electron chi connectivity index (χ3n) is 5.87. The zero-order valence-electron chi connectivity index (χ0n) is 19.4. The Morgan fingerprint density at radius 1 is 0.788 bits per heavy atom. The number of hydrogen-bond acceptors (Lipinski definition) is 0. The Balaban J connectivity index is 2.14. The Labute approximate surface area is 196 Å². The molecule has 0 aliphatic rings. The lowest BCUT2D eigenvalue weighted by atomic mass is 10.0. The van der Waals surface area contributed by atoms with E-state index in [0.29, 0.717) is 0 Å². The van der Waals surface area contributed by atoms with Crippen molar-refractivity contribution in [1.29, 1.82) is 0 Å². The molecule has 33 heavy (non-hydrogen) atoms. The van der Waals surface area contributed by atoms with Crippen LogP contribution in [0.25, 0.3) is 38.6 Å². The topological polar surface area (TPSA) is 4.93 Å². The van der Waals surface area contributed by atoms with Gasteiger partial charge in [-0.1, -0.05) is 104 Å². The smallest absolute Gasteiger partial charge is 0.0547 e. The molecule has 4 aromatic rings. The molecule has 1 heteroatoms. The van der Waals surface area contributed by atoms with Gasteiger partial charge in [0.05, 0.1) is 16.7 Å². The van der Waals surface area contributed by atoms with Gasteiger partial charge in [0.2, 0.25) is 0 Å². The SMILES string of the molecule is C=C/C=C(\C=C/C)c1ccc2c3cc(C)ccc3n(-c3ccccc3/C(C=C)=C/C=C)c2c1. The highest BCUT2D eigenvalue weighted by Crippen LogP contribution is 2.36. The molecule has 0 radical (unpaired) electrons. The van der Waals surface area contributed by atoms with Crippen molar-refractivity contribution in [3.8, 4) is 5.69 Å². The lowest BCUT2D eigenvalue weighted by Crippen LogP contribution is -1.99. The molecule has 0 unspecified atom stereocenters. The molecule has 0 spiro atoms. The fourth-order valence-corrected chi connectivity index (χ4v) is 4.44. The van der Waals surface area contributed by atoms with Gasteiger partial charge in [0.15, 0.2) is 0 Å². The van der Waals surface area contributed by atoms with E-state index in [9.17, 15) is 0 Å². The molecule has 0 aliphatic heterocycles. The van der Waals surface area contributed by atoms with Crippen LogP contribution in [0, 0.1) is 6.92 Å². The van der Waals surface area contributed by atoms with Gasteiger partial charge in [-0.15, -0.1) is 0 Å². The molecule has 0 fully saturated rings. The molecule has 0 aliphatic carbocycles. The molecule has 0 amide bonds. The van der Waals surface area contributed by atoms with Gasteiger partial charge >= 0.3 is 0 Å². The number of rotatable bonds is 7. The summed E-state index contributed by atoms with van der Waals surface area (Å²) in [6.07, 6.45) is 13.8. The Morgan fingerprint density at radius 2 is 1.55 bits per heavy atom. The van der Waals surface area contributed by atoms with Crippen LogP contribution >= 0.6 is 0 Å². The lowest BCUT2D eigenvalue weighted by molar-refractivity contribution is 1.17. The van der Waals surface area contributed by atoms with E-state index in [1.54, 1.807) is 0 Å². The molecule has 162 valence electrons. The summed E-state index contributed by atoms with van der Waals surface area (Å²) in [6.45, 7) is 16.0. The lowest BCUT2D eigenvalue weighted by Gasteiger charge is -2.15. The minimum atomic E-state index is 1.04. The second-order valence-corrected chi connectivity index (χ2v) is 8.02. The number of hydrogen-bond donors (Lipinski definition) is 0. The molecule has 0 N–H and O–H groups in total. The van der Waals surface area contributed by atoms with Crippen molar-refractivity contribution >= 4 is 33.0 Å². The Morgan fingerprint density at radius 3 is 2.27 bits per heavy atom. The predicted octanol–water partition coefficient (Wildman–Crippen LogP) is 8.99. The second-order valence-electron chi connectivity index (χ2n) is 8.02. The molecule has 0 atom stereocenters. The van der Waals surface area contributed by atoms with E-state index in [-0.39, 0.29) is 0 Å². The van der Waals surface area contributed by atoms with E-state index >= 15 is 0 Å². The van der Waals surface area contributed by atoms with Gasteiger partial charge < -0.3 is 4.57 Å². The summed E-state index contributed by atoms with van der Waals surface area (Å²) in [5.74, 6) is 0. The van der Waals surface area contributed by atoms with Crippen molar-refractivity contribution < 1.29 is 0 Å². The van der Waals surface area contributed by atoms with E-state index < -0.39 is 0 Å². The average molecular weight is 428 g/mol. The first kappa shape index (κ1) is 22.1. The zero-order chi connectivity index (χ0) is 23.4. The first-order valence-electron chi connectivity index (χ1n) is 11.2. The summed E-state index contributed by atoms with van der Waals surface area (Å²) in [7, 11) is 0. The molecule has 4 rings (SSSR count). The highest BCUT2D eigenvalue weighted by Gasteiger charge is 2.16. The Bertz CT molecular complexity index is 1470. The summed E-state index contributed by atoms with van der Waals surface area (Å²) < 4.78 is 2.37. The van der Waals surface area contributed by atoms with Crippen LogP contribution in [0.1, 0.15) is 23.6 Å². The van der Waals surface area contributed by atoms with Gasteiger partial charge in [0.1, 0.15) is 0 Å². The van der Waals surface area contributed by atoms with E-state index in [4.69, 9.17) is 0 Å². The molecule has 3 aromatic carbocycles. The summed E-state index contributed by atoms with van der Waals surface area (Å²) in [6, 6.07) is 21.9. The molecule has 0 saturated carbocycles. The van der Waals surface area contributed by atoms with Crippen LogP contribution < -0.4 is 0 Å². The van der Waals surface area contributed by atoms with E-state index in [2.05, 4.69) is 110 Å². The van der Waals surface area contributed by atoms with Gasteiger partial charge in [-0.3, -0.25) is 0 Å². The Hall–Kier alpha value is -4.10. The van der Waals surface area contributed by atoms with Gasteiger partial charge in [-0.2, -0.15) is 0 Å². The van der Waals surface area contributed by atoms with Crippen molar-refractivity contribution in [1.82, 2.24) is 4.57 Å². The van der Waals surface area contributed by atoms with Crippen LogP contribution in [0.3, 0.4) is 0 Å². The number of aromatic nitrogens is 1. The number of fused-ring (bicyclic) bond motifs is 3. The largest absolute Gasteiger partial charge is 0.309 e. The normalized spacial score (nSPS) is 12.5. The molecular formula is C32H29N. The first-order valence-corrected chi connectivity index (χ1v) is 11.2. The van der Waals surface area contributed by atoms with Crippen LogP contribution in [0.5, 0.6) is 0 Å². The molecule has 1 heterocycles. The van der Waals surface area contributed by atoms with Gasteiger partial charge in [-0.25, -0.2) is 0 Å². The summed E-state index contributed by atoms with van der Waals surface area (Å²) in [5, 5.41) is 2.48. The first-order chi connectivity index (χ1) is 16.1. The standard InChI is InChI=1S/C32H29N/c1-6-12-24(9-4)27-15-10-11-16-30(27)33-31-20-17-23(5)21-29(31)28-19-18-26(22-32(28)33)25(13-7-2)14-8-3/h6-22H,1-2,4H2,3,5H3/b14-8-,24-12+,25-13+. The summed E-state index contributed by atoms with van der Waals surface area (Å²) >= 11 is 0. The molecular weight excluding hydrogens is 398 g/mol. The highest BCUT2D eigenvalue weighted by atomic mass is 15.0. The van der Waals surface area contributed by atoms with Crippen LogP contribution in [-0.2, 0) is 0 Å². The van der Waals surface area contributed by atoms with Crippen molar-refractivity contribution in [3.63, 3.8) is 0 Å². The maximum absolute atomic E-state index is 4.04. The van der Waals surface area contributed by atoms with Crippen LogP contribution in [-0.4, -0.2) is 4.57 Å². The van der Waals surface area contributed by atoms with Crippen molar-refractivity contribution in [2.24, 2.45) is 0 Å². The molecule has 1 aromatic heterocycles. The second kappa shape index (κ2) is 9.58. The van der Waals surface area contributed by atoms with Crippen molar-refractivity contribution in [3.05, 3.63) is 140 Å². The predicted molar refractivity (Wildman–Crippen MR) is 147 cm³/mol. The van der Waals surface area contributed by atoms with Crippen molar-refractivity contribution in [2.75, 3.05) is 0 Å². The fourth-order valence-electron chi connectivity index (χ4n) is 4.44. The average Bonchev–Trinajstić information content (AvgIpc) is 3.15. The monoisotopic (exact) mass is 427 g/mol. The molecule has 0 bridgehead atoms. The zero-order valence-corrected chi connectivity index (χ0v) is 19.4. The molecule has 1 nitrogen and oxygen atoms in total. The third-order valence-corrected chi connectivity index (χ3v) is 5.87. The van der Waals surface area contributed by atoms with Gasteiger partial charge in [-0.05, 0) is 54.8 Å². The van der Waals surface area contributed by atoms with Crippen molar-refractivity contribution in [2.45, 2.75) is 13.8 Å². The molecule has 0 saturated heterocycles.